The molecule has 19 heavy (non-hydrogen) atoms. The second-order valence-corrected chi connectivity index (χ2v) is 5.19. The number of anilines is 1. The Balaban J connectivity index is 2.72. The predicted octanol–water partition coefficient (Wildman–Crippen LogP) is 2.27. The number of carbonyl (C=O) groups excluding carboxylic acids is 1. The van der Waals surface area contributed by atoms with E-state index in [9.17, 15) is 14.9 Å². The summed E-state index contributed by atoms with van der Waals surface area (Å²) in [4.78, 5) is 21.7. The summed E-state index contributed by atoms with van der Waals surface area (Å²) in [6.45, 7) is 0. The van der Waals surface area contributed by atoms with Crippen molar-refractivity contribution in [3.05, 3.63) is 33.3 Å². The van der Waals surface area contributed by atoms with Crippen LogP contribution in [0.5, 0.6) is 0 Å². The molecule has 0 bridgehead atoms. The first-order valence-electron chi connectivity index (χ1n) is 5.45. The van der Waals surface area contributed by atoms with Gasteiger partial charge in [0.15, 0.2) is 0 Å². The fraction of sp³-hybridized carbons (Fsp3) is 0.364. The van der Waals surface area contributed by atoms with Gasteiger partial charge in [-0.3, -0.25) is 14.9 Å². The number of hydrogen-bond acceptors (Lipinski definition) is 5. The molecule has 1 amide bonds. The molecule has 8 heteroatoms. The summed E-state index contributed by atoms with van der Waals surface area (Å²) in [5.41, 5.74) is 5.89. The van der Waals surface area contributed by atoms with Gasteiger partial charge in [0.05, 0.1) is 21.7 Å². The number of nitro groups is 1. The number of nitro benzene ring substituents is 1. The third-order valence-corrected chi connectivity index (χ3v) is 3.35. The van der Waals surface area contributed by atoms with Crippen LogP contribution in [0.2, 0.25) is 5.02 Å². The van der Waals surface area contributed by atoms with Crippen LogP contribution in [0.3, 0.4) is 0 Å². The van der Waals surface area contributed by atoms with Gasteiger partial charge in [0, 0.05) is 12.1 Å². The zero-order valence-corrected chi connectivity index (χ0v) is 11.8. The Hall–Kier alpha value is -1.31. The van der Waals surface area contributed by atoms with Crippen LogP contribution in [0.25, 0.3) is 0 Å². The standard InChI is InChI=1S/C11H14ClN3O3S/c1-19-5-4-9(13)11(16)14-10-3-2-7(15(17)18)6-8(10)12/h2-3,6,9H,4-5,13H2,1H3,(H,14,16). The first-order valence-corrected chi connectivity index (χ1v) is 7.22. The number of carbonyl (C=O) groups is 1. The number of nitrogens with zero attached hydrogens (tertiary/aromatic N) is 1. The van der Waals surface area contributed by atoms with Gasteiger partial charge in [-0.1, -0.05) is 11.6 Å². The van der Waals surface area contributed by atoms with E-state index in [4.69, 9.17) is 17.3 Å². The van der Waals surface area contributed by atoms with E-state index in [1.165, 1.54) is 18.2 Å². The van der Waals surface area contributed by atoms with Gasteiger partial charge in [0.1, 0.15) is 0 Å². The summed E-state index contributed by atoms with van der Waals surface area (Å²) in [5, 5.41) is 13.2. The van der Waals surface area contributed by atoms with Crippen molar-refractivity contribution in [3.8, 4) is 0 Å². The summed E-state index contributed by atoms with van der Waals surface area (Å²) >= 11 is 7.46. The molecule has 1 aromatic rings. The van der Waals surface area contributed by atoms with E-state index in [1.807, 2.05) is 6.26 Å². The molecule has 0 aliphatic rings. The van der Waals surface area contributed by atoms with Crippen LogP contribution in [0.1, 0.15) is 6.42 Å². The van der Waals surface area contributed by atoms with Crippen molar-refractivity contribution in [1.82, 2.24) is 0 Å². The molecule has 1 unspecified atom stereocenters. The number of rotatable bonds is 6. The predicted molar refractivity (Wildman–Crippen MR) is 77.7 cm³/mol. The normalized spacial score (nSPS) is 11.9. The third kappa shape index (κ3) is 4.70. The Kier molecular flexibility index (Phi) is 6.07. The first kappa shape index (κ1) is 15.7. The summed E-state index contributed by atoms with van der Waals surface area (Å²) in [5.74, 6) is 0.424. The number of amides is 1. The Bertz CT molecular complexity index is 484. The lowest BCUT2D eigenvalue weighted by atomic mass is 10.2. The van der Waals surface area contributed by atoms with Crippen molar-refractivity contribution in [2.75, 3.05) is 17.3 Å². The smallest absolute Gasteiger partial charge is 0.271 e. The van der Waals surface area contributed by atoms with Crippen molar-refractivity contribution in [2.45, 2.75) is 12.5 Å². The van der Waals surface area contributed by atoms with Gasteiger partial charge in [-0.2, -0.15) is 11.8 Å². The first-order chi connectivity index (χ1) is 8.95. The number of halogens is 1. The molecule has 0 fully saturated rings. The van der Waals surface area contributed by atoms with Crippen molar-refractivity contribution in [3.63, 3.8) is 0 Å². The van der Waals surface area contributed by atoms with Gasteiger partial charge in [-0.25, -0.2) is 0 Å². The molecule has 1 aromatic carbocycles. The minimum absolute atomic E-state index is 0.111. The molecule has 0 aromatic heterocycles. The molecule has 0 saturated carbocycles. The van der Waals surface area contributed by atoms with Crippen molar-refractivity contribution >= 4 is 40.6 Å². The van der Waals surface area contributed by atoms with Crippen LogP contribution >= 0.6 is 23.4 Å². The maximum atomic E-state index is 11.8. The van der Waals surface area contributed by atoms with Gasteiger partial charge in [-0.05, 0) is 24.5 Å². The molecule has 0 aliphatic carbocycles. The molecule has 104 valence electrons. The van der Waals surface area contributed by atoms with Gasteiger partial charge < -0.3 is 11.1 Å². The van der Waals surface area contributed by atoms with E-state index in [-0.39, 0.29) is 16.6 Å². The topological polar surface area (TPSA) is 98.3 Å². The molecule has 0 heterocycles. The van der Waals surface area contributed by atoms with Crippen molar-refractivity contribution in [1.29, 1.82) is 0 Å². The lowest BCUT2D eigenvalue weighted by molar-refractivity contribution is -0.384. The number of benzene rings is 1. The van der Waals surface area contributed by atoms with Crippen molar-refractivity contribution in [2.24, 2.45) is 5.73 Å². The highest BCUT2D eigenvalue weighted by molar-refractivity contribution is 7.98. The van der Waals surface area contributed by atoms with E-state index >= 15 is 0 Å². The Morgan fingerprint density at radius 3 is 2.84 bits per heavy atom. The lowest BCUT2D eigenvalue weighted by Crippen LogP contribution is -2.36. The van der Waals surface area contributed by atoms with Gasteiger partial charge in [0.2, 0.25) is 5.91 Å². The Morgan fingerprint density at radius 2 is 2.32 bits per heavy atom. The van der Waals surface area contributed by atoms with E-state index < -0.39 is 11.0 Å². The SMILES string of the molecule is CSCCC(N)C(=O)Nc1ccc([N+](=O)[O-])cc1Cl. The van der Waals surface area contributed by atoms with Gasteiger partial charge in [-0.15, -0.1) is 0 Å². The average molecular weight is 304 g/mol. The molecule has 0 spiro atoms. The molecule has 0 aliphatic heterocycles. The van der Waals surface area contributed by atoms with E-state index in [1.54, 1.807) is 11.8 Å². The second kappa shape index (κ2) is 7.32. The van der Waals surface area contributed by atoms with E-state index in [2.05, 4.69) is 5.32 Å². The number of hydrogen-bond donors (Lipinski definition) is 2. The van der Waals surface area contributed by atoms with Gasteiger partial charge >= 0.3 is 0 Å². The highest BCUT2D eigenvalue weighted by Crippen LogP contribution is 2.26. The number of non-ortho nitro benzene ring substituents is 1. The lowest BCUT2D eigenvalue weighted by Gasteiger charge is -2.12. The molecule has 1 atom stereocenters. The zero-order chi connectivity index (χ0) is 14.4. The quantitative estimate of drug-likeness (QED) is 0.620. The number of nitrogens with one attached hydrogen (secondary N) is 1. The molecule has 0 saturated heterocycles. The van der Waals surface area contributed by atoms with Crippen LogP contribution in [-0.4, -0.2) is 28.9 Å². The van der Waals surface area contributed by atoms with Crippen LogP contribution < -0.4 is 11.1 Å². The van der Waals surface area contributed by atoms with Crippen LogP contribution in [0.4, 0.5) is 11.4 Å². The Morgan fingerprint density at radius 1 is 1.63 bits per heavy atom. The van der Waals surface area contributed by atoms with Crippen LogP contribution in [0, 0.1) is 10.1 Å². The molecule has 3 N–H and O–H groups in total. The molecular formula is C11H14ClN3O3S. The summed E-state index contributed by atoms with van der Waals surface area (Å²) in [6, 6.07) is 3.22. The van der Waals surface area contributed by atoms with Crippen molar-refractivity contribution < 1.29 is 9.72 Å². The Labute approximate surface area is 119 Å². The fourth-order valence-electron chi connectivity index (χ4n) is 1.32. The van der Waals surface area contributed by atoms with Crippen LogP contribution in [0.15, 0.2) is 18.2 Å². The number of thioether (sulfide) groups is 1. The summed E-state index contributed by atoms with van der Waals surface area (Å²) in [7, 11) is 0. The van der Waals surface area contributed by atoms with Crippen LogP contribution in [-0.2, 0) is 4.79 Å². The summed E-state index contributed by atoms with van der Waals surface area (Å²) in [6.07, 6.45) is 2.48. The molecular weight excluding hydrogens is 290 g/mol. The molecule has 0 radical (unpaired) electrons. The average Bonchev–Trinajstić information content (AvgIpc) is 2.37. The monoisotopic (exact) mass is 303 g/mol. The second-order valence-electron chi connectivity index (χ2n) is 3.80. The fourth-order valence-corrected chi connectivity index (χ4v) is 2.03. The minimum atomic E-state index is -0.626. The minimum Gasteiger partial charge on any atom is -0.323 e. The highest BCUT2D eigenvalue weighted by Gasteiger charge is 2.16. The maximum absolute atomic E-state index is 11.8. The third-order valence-electron chi connectivity index (χ3n) is 2.39. The number of nitrogens with two attached hydrogens (primary N) is 1. The van der Waals surface area contributed by atoms with E-state index in [0.29, 0.717) is 12.1 Å². The molecule has 1 rings (SSSR count). The van der Waals surface area contributed by atoms with Gasteiger partial charge in [0.25, 0.3) is 5.69 Å². The largest absolute Gasteiger partial charge is 0.323 e. The highest BCUT2D eigenvalue weighted by atomic mass is 35.5. The van der Waals surface area contributed by atoms with E-state index in [0.717, 1.165) is 5.75 Å². The summed E-state index contributed by atoms with van der Waals surface area (Å²) < 4.78 is 0. The molecule has 6 nitrogen and oxygen atoms in total. The zero-order valence-electron chi connectivity index (χ0n) is 10.3. The maximum Gasteiger partial charge on any atom is 0.271 e.